The predicted molar refractivity (Wildman–Crippen MR) is 102 cm³/mol. The van der Waals surface area contributed by atoms with Crippen LogP contribution >= 0.6 is 24.0 Å². The Kier molecular flexibility index (Phi) is 5.16. The van der Waals surface area contributed by atoms with E-state index in [0.717, 1.165) is 22.3 Å². The third-order valence-corrected chi connectivity index (χ3v) is 4.77. The van der Waals surface area contributed by atoms with Gasteiger partial charge >= 0.3 is 0 Å². The maximum Gasteiger partial charge on any atom is 0.285 e. The van der Waals surface area contributed by atoms with Crippen LogP contribution < -0.4 is 5.43 Å². The van der Waals surface area contributed by atoms with Crippen LogP contribution in [0.5, 0.6) is 0 Å². The van der Waals surface area contributed by atoms with Crippen LogP contribution in [0, 0.1) is 6.92 Å². The van der Waals surface area contributed by atoms with Crippen molar-refractivity contribution in [3.8, 4) is 0 Å². The number of allylic oxidation sites excluding steroid dienone is 2. The molecule has 2 heterocycles. The molecule has 3 rings (SSSR count). The molecule has 1 N–H and O–H groups in total. The number of benzene rings is 1. The minimum atomic E-state index is -0.373. The van der Waals surface area contributed by atoms with E-state index in [2.05, 4.69) is 5.43 Å². The maximum absolute atomic E-state index is 12.4. The fraction of sp³-hybridized carbons (Fsp3) is 0.0556. The first kappa shape index (κ1) is 17.2. The smallest absolute Gasteiger partial charge is 0.285 e. The van der Waals surface area contributed by atoms with Crippen LogP contribution in [0.25, 0.3) is 6.08 Å². The molecule has 5 nitrogen and oxygen atoms in total. The zero-order chi connectivity index (χ0) is 17.8. The zero-order valence-corrected chi connectivity index (χ0v) is 14.9. The molecule has 0 unspecified atom stereocenters. The summed E-state index contributed by atoms with van der Waals surface area (Å²) in [5, 5.41) is 1.10. The number of thiocarbonyl (C=S) groups is 1. The molecule has 0 atom stereocenters. The lowest BCUT2D eigenvalue weighted by molar-refractivity contribution is -0.123. The molecule has 0 bridgehead atoms. The van der Waals surface area contributed by atoms with Gasteiger partial charge in [-0.25, -0.2) is 0 Å². The van der Waals surface area contributed by atoms with Crippen molar-refractivity contribution in [2.75, 3.05) is 0 Å². The molecule has 1 aromatic heterocycles. The summed E-state index contributed by atoms with van der Waals surface area (Å²) in [5.74, 6) is -0.0533. The van der Waals surface area contributed by atoms with Crippen LogP contribution in [-0.2, 0) is 4.79 Å². The third-order valence-electron chi connectivity index (χ3n) is 3.45. The minimum absolute atomic E-state index is 0.282. The Morgan fingerprint density at radius 3 is 2.80 bits per heavy atom. The van der Waals surface area contributed by atoms with E-state index in [9.17, 15) is 9.59 Å². The Morgan fingerprint density at radius 1 is 1.28 bits per heavy atom. The number of furan rings is 1. The molecule has 0 aliphatic carbocycles. The van der Waals surface area contributed by atoms with Gasteiger partial charge in [-0.05, 0) is 55.1 Å². The molecule has 2 aromatic rings. The third kappa shape index (κ3) is 3.89. The lowest BCUT2D eigenvalue weighted by Gasteiger charge is -2.16. The summed E-state index contributed by atoms with van der Waals surface area (Å²) in [4.78, 5) is 25.2. The van der Waals surface area contributed by atoms with Crippen LogP contribution in [0.15, 0.2) is 64.1 Å². The number of carbonyl (C=O) groups is 2. The molecule has 1 aliphatic rings. The van der Waals surface area contributed by atoms with E-state index in [1.165, 1.54) is 0 Å². The normalized spacial score (nSPS) is 16.2. The molecular formula is C18H14N2O3S2. The van der Waals surface area contributed by atoms with E-state index in [4.69, 9.17) is 16.6 Å². The van der Waals surface area contributed by atoms with Crippen molar-refractivity contribution in [2.24, 2.45) is 0 Å². The molecule has 25 heavy (non-hydrogen) atoms. The largest absolute Gasteiger partial charge is 0.465 e. The van der Waals surface area contributed by atoms with Gasteiger partial charge in [0.2, 0.25) is 0 Å². The van der Waals surface area contributed by atoms with Gasteiger partial charge in [0, 0.05) is 5.56 Å². The van der Waals surface area contributed by atoms with E-state index in [-0.39, 0.29) is 16.1 Å². The first-order chi connectivity index (χ1) is 12.1. The number of aryl methyl sites for hydroxylation is 1. The number of nitrogens with one attached hydrogen (secondary N) is 1. The minimum Gasteiger partial charge on any atom is -0.465 e. The van der Waals surface area contributed by atoms with Crippen molar-refractivity contribution in [1.82, 2.24) is 10.4 Å². The molecule has 2 amide bonds. The number of hydrogen-bond acceptors (Lipinski definition) is 5. The Morgan fingerprint density at radius 2 is 2.08 bits per heavy atom. The Labute approximate surface area is 154 Å². The summed E-state index contributed by atoms with van der Waals surface area (Å²) in [6.07, 6.45) is 6.65. The fourth-order valence-electron chi connectivity index (χ4n) is 2.18. The van der Waals surface area contributed by atoms with Crippen molar-refractivity contribution in [2.45, 2.75) is 6.92 Å². The van der Waals surface area contributed by atoms with Crippen LogP contribution in [0.3, 0.4) is 0 Å². The molecule has 0 radical (unpaired) electrons. The van der Waals surface area contributed by atoms with E-state index < -0.39 is 0 Å². The van der Waals surface area contributed by atoms with Gasteiger partial charge in [-0.2, -0.15) is 5.01 Å². The summed E-state index contributed by atoms with van der Waals surface area (Å²) in [5.41, 5.74) is 3.89. The molecule has 126 valence electrons. The monoisotopic (exact) mass is 370 g/mol. The quantitative estimate of drug-likeness (QED) is 0.657. The molecule has 0 spiro atoms. The second-order valence-corrected chi connectivity index (χ2v) is 6.85. The van der Waals surface area contributed by atoms with E-state index in [1.54, 1.807) is 48.8 Å². The summed E-state index contributed by atoms with van der Waals surface area (Å²) in [6, 6.07) is 10.7. The number of thioether (sulfide) groups is 1. The van der Waals surface area contributed by atoms with Gasteiger partial charge in [-0.15, -0.1) is 0 Å². The van der Waals surface area contributed by atoms with Gasteiger partial charge in [-0.1, -0.05) is 36.0 Å². The lowest BCUT2D eigenvalue weighted by Crippen LogP contribution is -2.45. The van der Waals surface area contributed by atoms with Crippen LogP contribution in [-0.4, -0.2) is 21.1 Å². The summed E-state index contributed by atoms with van der Waals surface area (Å²) < 4.78 is 5.46. The Bertz CT molecular complexity index is 885. The number of hydrazine groups is 1. The van der Waals surface area contributed by atoms with E-state index in [0.29, 0.717) is 16.2 Å². The summed E-state index contributed by atoms with van der Waals surface area (Å²) >= 11 is 6.33. The molecular weight excluding hydrogens is 356 g/mol. The first-order valence-corrected chi connectivity index (χ1v) is 8.63. The van der Waals surface area contributed by atoms with Gasteiger partial charge in [0.25, 0.3) is 11.8 Å². The number of amides is 2. The predicted octanol–water partition coefficient (Wildman–Crippen LogP) is 3.69. The van der Waals surface area contributed by atoms with Crippen molar-refractivity contribution < 1.29 is 14.0 Å². The van der Waals surface area contributed by atoms with Gasteiger partial charge in [0.15, 0.2) is 4.32 Å². The Hall–Kier alpha value is -2.64. The average Bonchev–Trinajstić information content (AvgIpc) is 3.19. The highest BCUT2D eigenvalue weighted by Crippen LogP contribution is 2.29. The number of carbonyl (C=O) groups excluding carboxylic acids is 2. The van der Waals surface area contributed by atoms with Crippen LogP contribution in [0.1, 0.15) is 21.7 Å². The van der Waals surface area contributed by atoms with E-state index >= 15 is 0 Å². The van der Waals surface area contributed by atoms with Crippen LogP contribution in [0.4, 0.5) is 0 Å². The molecule has 1 aromatic carbocycles. The van der Waals surface area contributed by atoms with Crippen molar-refractivity contribution in [1.29, 1.82) is 0 Å². The van der Waals surface area contributed by atoms with Gasteiger partial charge in [-0.3, -0.25) is 15.0 Å². The second kappa shape index (κ2) is 7.50. The highest BCUT2D eigenvalue weighted by Gasteiger charge is 2.33. The second-order valence-electron chi connectivity index (χ2n) is 5.17. The van der Waals surface area contributed by atoms with Crippen molar-refractivity contribution >= 4 is 46.2 Å². The standard InChI is InChI=1S/C18H14N2O3S2/c1-12-6-2-3-9-14(12)16(21)19-20-17(22)15(25-18(20)24)10-4-7-13-8-5-11-23-13/h2-11H,1H3,(H,19,21)/b7-4+,15-10+. The van der Waals surface area contributed by atoms with Crippen LogP contribution in [0.2, 0.25) is 0 Å². The van der Waals surface area contributed by atoms with E-state index in [1.807, 2.05) is 19.1 Å². The summed E-state index contributed by atoms with van der Waals surface area (Å²) in [6.45, 7) is 1.83. The highest BCUT2D eigenvalue weighted by atomic mass is 32.2. The molecule has 7 heteroatoms. The molecule has 1 fully saturated rings. The fourth-order valence-corrected chi connectivity index (χ4v) is 3.32. The maximum atomic E-state index is 12.4. The van der Waals surface area contributed by atoms with Gasteiger partial charge in [0.1, 0.15) is 5.76 Å². The number of rotatable bonds is 4. The van der Waals surface area contributed by atoms with Gasteiger partial charge < -0.3 is 4.42 Å². The van der Waals surface area contributed by atoms with Crippen molar-refractivity contribution in [3.63, 3.8) is 0 Å². The molecule has 1 aliphatic heterocycles. The molecule has 1 saturated heterocycles. The highest BCUT2D eigenvalue weighted by molar-refractivity contribution is 8.26. The van der Waals surface area contributed by atoms with Gasteiger partial charge in [0.05, 0.1) is 11.2 Å². The number of nitrogens with zero attached hydrogens (tertiary/aromatic N) is 1. The topological polar surface area (TPSA) is 62.6 Å². The Balaban J connectivity index is 1.71. The SMILES string of the molecule is Cc1ccccc1C(=O)NN1C(=O)/C(=C\C=C\c2ccco2)SC1=S. The average molecular weight is 370 g/mol. The summed E-state index contributed by atoms with van der Waals surface area (Å²) in [7, 11) is 0. The van der Waals surface area contributed by atoms with Crippen molar-refractivity contribution in [3.05, 3.63) is 76.6 Å². The first-order valence-electron chi connectivity index (χ1n) is 7.41. The zero-order valence-electron chi connectivity index (χ0n) is 13.3. The lowest BCUT2D eigenvalue weighted by atomic mass is 10.1. The molecule has 0 saturated carbocycles. The number of hydrogen-bond donors (Lipinski definition) is 1.